The van der Waals surface area contributed by atoms with E-state index in [1.807, 2.05) is 54.6 Å². The van der Waals surface area contributed by atoms with Crippen molar-refractivity contribution in [2.75, 3.05) is 12.3 Å². The van der Waals surface area contributed by atoms with Crippen molar-refractivity contribution >= 4 is 28.6 Å². The maximum Gasteiger partial charge on any atom is 0.227 e. The molecule has 1 aromatic heterocycles. The van der Waals surface area contributed by atoms with Crippen molar-refractivity contribution in [1.82, 2.24) is 5.32 Å². The van der Waals surface area contributed by atoms with Gasteiger partial charge in [0.2, 0.25) is 5.91 Å². The van der Waals surface area contributed by atoms with Crippen molar-refractivity contribution in [3.8, 4) is 6.07 Å². The molecule has 1 amide bonds. The molecule has 0 aliphatic carbocycles. The molecule has 0 aliphatic rings. The summed E-state index contributed by atoms with van der Waals surface area (Å²) in [5, 5.41) is 13.0. The number of furan rings is 1. The number of nitrogens with zero attached hydrogens (tertiary/aromatic N) is 1. The zero-order chi connectivity index (χ0) is 17.5. The van der Waals surface area contributed by atoms with Gasteiger partial charge < -0.3 is 9.73 Å². The van der Waals surface area contributed by atoms with Crippen molar-refractivity contribution in [1.29, 1.82) is 5.26 Å². The van der Waals surface area contributed by atoms with Gasteiger partial charge in [-0.3, -0.25) is 4.79 Å². The van der Waals surface area contributed by atoms with Crippen LogP contribution < -0.4 is 5.32 Å². The second-order valence-electron chi connectivity index (χ2n) is 5.60. The van der Waals surface area contributed by atoms with Crippen molar-refractivity contribution in [3.63, 3.8) is 0 Å². The summed E-state index contributed by atoms with van der Waals surface area (Å²) in [6.45, 7) is 0.596. The van der Waals surface area contributed by atoms with Gasteiger partial charge >= 0.3 is 0 Å². The standard InChI is InChI=1S/C20H18N2O2S/c21-13-16-6-1-2-7-17(16)14-25-10-9-22-20(23)12-18-11-15-5-3-4-8-19(15)24-18/h1-8,11H,9-10,12,14H2,(H,22,23). The lowest BCUT2D eigenvalue weighted by Gasteiger charge is -2.05. The predicted octanol–water partition coefficient (Wildman–Crippen LogP) is 3.90. The van der Waals surface area contributed by atoms with Gasteiger partial charge in [-0.1, -0.05) is 36.4 Å². The van der Waals surface area contributed by atoms with E-state index in [-0.39, 0.29) is 12.3 Å². The number of carbonyl (C=O) groups excluding carboxylic acids is 1. The Labute approximate surface area is 150 Å². The van der Waals surface area contributed by atoms with Crippen LogP contribution in [0.4, 0.5) is 0 Å². The molecule has 0 radical (unpaired) electrons. The van der Waals surface area contributed by atoms with Crippen LogP contribution in [-0.2, 0) is 17.0 Å². The average Bonchev–Trinajstić information content (AvgIpc) is 3.03. The highest BCUT2D eigenvalue weighted by molar-refractivity contribution is 7.98. The highest BCUT2D eigenvalue weighted by Gasteiger charge is 2.08. The summed E-state index contributed by atoms with van der Waals surface area (Å²) in [4.78, 5) is 12.0. The Kier molecular flexibility index (Phi) is 5.76. The van der Waals surface area contributed by atoms with Crippen LogP contribution in [0.25, 0.3) is 11.0 Å². The number of benzene rings is 2. The largest absolute Gasteiger partial charge is 0.461 e. The summed E-state index contributed by atoms with van der Waals surface area (Å²) in [5.74, 6) is 2.20. The average molecular weight is 350 g/mol. The topological polar surface area (TPSA) is 66.0 Å². The maximum atomic E-state index is 12.0. The van der Waals surface area contributed by atoms with E-state index in [9.17, 15) is 4.79 Å². The number of hydrogen-bond donors (Lipinski definition) is 1. The molecule has 3 aromatic rings. The molecule has 0 atom stereocenters. The minimum atomic E-state index is -0.0444. The van der Waals surface area contributed by atoms with E-state index in [0.717, 1.165) is 28.0 Å². The summed E-state index contributed by atoms with van der Waals surface area (Å²) >= 11 is 1.70. The molecule has 126 valence electrons. The van der Waals surface area contributed by atoms with E-state index in [2.05, 4.69) is 11.4 Å². The lowest BCUT2D eigenvalue weighted by Crippen LogP contribution is -2.27. The predicted molar refractivity (Wildman–Crippen MR) is 100 cm³/mol. The Bertz CT molecular complexity index is 878. The number of nitriles is 1. The molecule has 5 heteroatoms. The molecule has 0 bridgehead atoms. The van der Waals surface area contributed by atoms with E-state index < -0.39 is 0 Å². The lowest BCUT2D eigenvalue weighted by atomic mass is 10.1. The van der Waals surface area contributed by atoms with Gasteiger partial charge in [-0.15, -0.1) is 0 Å². The fourth-order valence-corrected chi connectivity index (χ4v) is 3.41. The Balaban J connectivity index is 1.40. The molecular formula is C20H18N2O2S. The number of fused-ring (bicyclic) bond motifs is 1. The van der Waals surface area contributed by atoms with Crippen molar-refractivity contribution in [3.05, 3.63) is 71.5 Å². The molecule has 25 heavy (non-hydrogen) atoms. The third-order valence-electron chi connectivity index (χ3n) is 3.78. The van der Waals surface area contributed by atoms with Crippen LogP contribution in [0.2, 0.25) is 0 Å². The third kappa shape index (κ3) is 4.65. The van der Waals surface area contributed by atoms with Crippen molar-refractivity contribution < 1.29 is 9.21 Å². The summed E-state index contributed by atoms with van der Waals surface area (Å²) in [6, 6.07) is 19.4. The molecular weight excluding hydrogens is 332 g/mol. The number of thioether (sulfide) groups is 1. The highest BCUT2D eigenvalue weighted by Crippen LogP contribution is 2.19. The maximum absolute atomic E-state index is 12.0. The van der Waals surface area contributed by atoms with E-state index in [1.54, 1.807) is 11.8 Å². The van der Waals surface area contributed by atoms with Gasteiger partial charge in [-0.05, 0) is 23.8 Å². The van der Waals surface area contributed by atoms with Gasteiger partial charge in [0.25, 0.3) is 0 Å². The SMILES string of the molecule is N#Cc1ccccc1CSCCNC(=O)Cc1cc2ccccc2o1. The summed E-state index contributed by atoms with van der Waals surface area (Å²) in [5.41, 5.74) is 2.55. The number of carbonyl (C=O) groups is 1. The molecule has 3 rings (SSSR count). The Morgan fingerprint density at radius 2 is 1.96 bits per heavy atom. The van der Waals surface area contributed by atoms with Crippen LogP contribution in [0.1, 0.15) is 16.9 Å². The van der Waals surface area contributed by atoms with E-state index in [0.29, 0.717) is 17.9 Å². The molecule has 0 aliphatic heterocycles. The van der Waals surface area contributed by atoms with Gasteiger partial charge in [0.15, 0.2) is 0 Å². The fourth-order valence-electron chi connectivity index (χ4n) is 2.54. The smallest absolute Gasteiger partial charge is 0.227 e. The quantitative estimate of drug-likeness (QED) is 0.656. The first-order valence-corrected chi connectivity index (χ1v) is 9.21. The summed E-state index contributed by atoms with van der Waals surface area (Å²) in [7, 11) is 0. The van der Waals surface area contributed by atoms with Gasteiger partial charge in [-0.25, -0.2) is 0 Å². The molecule has 1 heterocycles. The van der Waals surface area contributed by atoms with Crippen LogP contribution in [0, 0.1) is 11.3 Å². The Morgan fingerprint density at radius 1 is 1.16 bits per heavy atom. The monoisotopic (exact) mass is 350 g/mol. The van der Waals surface area contributed by atoms with Gasteiger partial charge in [0.1, 0.15) is 11.3 Å². The second-order valence-corrected chi connectivity index (χ2v) is 6.70. The number of amides is 1. The van der Waals surface area contributed by atoms with Crippen LogP contribution >= 0.6 is 11.8 Å². The zero-order valence-electron chi connectivity index (χ0n) is 13.7. The van der Waals surface area contributed by atoms with Gasteiger partial charge in [0.05, 0.1) is 18.1 Å². The van der Waals surface area contributed by atoms with Crippen LogP contribution in [0.15, 0.2) is 59.0 Å². The highest BCUT2D eigenvalue weighted by atomic mass is 32.2. The first-order valence-electron chi connectivity index (χ1n) is 8.06. The Hall–Kier alpha value is -2.71. The number of hydrogen-bond acceptors (Lipinski definition) is 4. The molecule has 0 saturated heterocycles. The first kappa shape index (κ1) is 17.1. The molecule has 0 unspecified atom stereocenters. The van der Waals surface area contributed by atoms with Crippen LogP contribution in [0.3, 0.4) is 0 Å². The normalized spacial score (nSPS) is 10.5. The van der Waals surface area contributed by atoms with Crippen LogP contribution in [-0.4, -0.2) is 18.2 Å². The lowest BCUT2D eigenvalue weighted by molar-refractivity contribution is -0.120. The van der Waals surface area contributed by atoms with Gasteiger partial charge in [-0.2, -0.15) is 17.0 Å². The minimum Gasteiger partial charge on any atom is -0.461 e. The molecule has 2 aromatic carbocycles. The van der Waals surface area contributed by atoms with Crippen molar-refractivity contribution in [2.45, 2.75) is 12.2 Å². The molecule has 0 saturated carbocycles. The summed E-state index contributed by atoms with van der Waals surface area (Å²) < 4.78 is 5.65. The van der Waals surface area contributed by atoms with Gasteiger partial charge in [0, 0.05) is 23.4 Å². The second kappa shape index (κ2) is 8.41. The van der Waals surface area contributed by atoms with E-state index >= 15 is 0 Å². The summed E-state index contributed by atoms with van der Waals surface area (Å²) in [6.07, 6.45) is 0.247. The minimum absolute atomic E-state index is 0.0444. The fraction of sp³-hybridized carbons (Fsp3) is 0.200. The molecule has 0 fully saturated rings. The first-order chi connectivity index (χ1) is 12.3. The van der Waals surface area contributed by atoms with Crippen molar-refractivity contribution in [2.24, 2.45) is 0 Å². The number of nitrogens with one attached hydrogen (secondary N) is 1. The number of para-hydroxylation sites is 1. The third-order valence-corrected chi connectivity index (χ3v) is 4.78. The van der Waals surface area contributed by atoms with Crippen LogP contribution in [0.5, 0.6) is 0 Å². The Morgan fingerprint density at radius 3 is 2.80 bits per heavy atom. The zero-order valence-corrected chi connectivity index (χ0v) is 14.5. The molecule has 0 spiro atoms. The number of rotatable bonds is 7. The van der Waals surface area contributed by atoms with E-state index in [1.165, 1.54) is 0 Å². The van der Waals surface area contributed by atoms with E-state index in [4.69, 9.17) is 9.68 Å². The molecule has 4 nitrogen and oxygen atoms in total. The molecule has 1 N–H and O–H groups in total.